The van der Waals surface area contributed by atoms with Crippen molar-refractivity contribution in [2.24, 2.45) is 0 Å². The van der Waals surface area contributed by atoms with Crippen LogP contribution in [0.2, 0.25) is 0 Å². The number of phenolic OH excluding ortho intramolecular Hbond substituents is 1. The highest BCUT2D eigenvalue weighted by Crippen LogP contribution is 2.19. The Morgan fingerprint density at radius 1 is 1.17 bits per heavy atom. The Balaban J connectivity index is 1.87. The number of methoxy groups -OCH3 is 1. The van der Waals surface area contributed by atoms with Gasteiger partial charge in [-0.15, -0.1) is 0 Å². The monoisotopic (exact) mass is 329 g/mol. The summed E-state index contributed by atoms with van der Waals surface area (Å²) in [6, 6.07) is 11.9. The van der Waals surface area contributed by atoms with Crippen LogP contribution in [0.4, 0.5) is 0 Å². The fraction of sp³-hybridized carbons (Fsp3) is 0.222. The molecule has 2 rings (SSSR count). The van der Waals surface area contributed by atoms with E-state index in [4.69, 9.17) is 9.47 Å². The number of hydrogen-bond acceptors (Lipinski definition) is 5. The molecule has 0 radical (unpaired) electrons. The molecular weight excluding hydrogens is 310 g/mol. The third-order valence-electron chi connectivity index (χ3n) is 3.37. The minimum atomic E-state index is -0.747. The number of esters is 1. The molecular formula is C18H19NO5. The topological polar surface area (TPSA) is 84.9 Å². The Morgan fingerprint density at radius 3 is 2.67 bits per heavy atom. The first-order valence-electron chi connectivity index (χ1n) is 7.36. The van der Waals surface area contributed by atoms with E-state index in [9.17, 15) is 14.7 Å². The lowest BCUT2D eigenvalue weighted by molar-refractivity contribution is -0.124. The van der Waals surface area contributed by atoms with Crippen molar-refractivity contribution in [2.75, 3.05) is 13.7 Å². The third-order valence-corrected chi connectivity index (χ3v) is 3.37. The molecule has 126 valence electrons. The first-order valence-corrected chi connectivity index (χ1v) is 7.36. The number of hydrogen-bond donors (Lipinski definition) is 2. The smallest absolute Gasteiger partial charge is 0.342 e. The quantitative estimate of drug-likeness (QED) is 0.794. The minimum Gasteiger partial charge on any atom is -0.507 e. The number of ether oxygens (including phenoxy) is 2. The lowest BCUT2D eigenvalue weighted by atomic mass is 10.1. The van der Waals surface area contributed by atoms with Crippen molar-refractivity contribution in [3.05, 3.63) is 59.2 Å². The molecule has 1 amide bonds. The molecule has 0 saturated carbocycles. The molecule has 0 aliphatic rings. The lowest BCUT2D eigenvalue weighted by Gasteiger charge is -2.10. The number of para-hydroxylation sites is 1. The molecule has 0 bridgehead atoms. The Morgan fingerprint density at radius 2 is 1.92 bits per heavy atom. The van der Waals surface area contributed by atoms with Crippen molar-refractivity contribution in [2.45, 2.75) is 13.5 Å². The molecule has 0 aliphatic carbocycles. The van der Waals surface area contributed by atoms with Crippen LogP contribution in [0.5, 0.6) is 11.5 Å². The summed E-state index contributed by atoms with van der Waals surface area (Å²) >= 11 is 0. The van der Waals surface area contributed by atoms with Crippen LogP contribution in [0.1, 0.15) is 21.5 Å². The normalized spacial score (nSPS) is 10.1. The Bertz CT molecular complexity index is 742. The predicted octanol–water partition coefficient (Wildman–Crippen LogP) is 2.18. The van der Waals surface area contributed by atoms with Crippen molar-refractivity contribution < 1.29 is 24.2 Å². The molecule has 6 heteroatoms. The zero-order valence-corrected chi connectivity index (χ0v) is 13.5. The number of phenols is 1. The Labute approximate surface area is 140 Å². The average Bonchev–Trinajstić information content (AvgIpc) is 2.60. The van der Waals surface area contributed by atoms with Crippen molar-refractivity contribution >= 4 is 11.9 Å². The standard InChI is InChI=1S/C18H19NO5/c1-12-7-8-15(20)14(9-12)18(22)24-11-17(21)19-10-13-5-3-4-6-16(13)23-2/h3-9,20H,10-11H2,1-2H3,(H,19,21). The van der Waals surface area contributed by atoms with E-state index >= 15 is 0 Å². The Kier molecular flexibility index (Phi) is 5.78. The van der Waals surface area contributed by atoms with Crippen LogP contribution < -0.4 is 10.1 Å². The van der Waals surface area contributed by atoms with Gasteiger partial charge in [0.25, 0.3) is 5.91 Å². The number of carbonyl (C=O) groups excluding carboxylic acids is 2. The van der Waals surface area contributed by atoms with Crippen LogP contribution in [-0.4, -0.2) is 30.7 Å². The number of aromatic hydroxyl groups is 1. The van der Waals surface area contributed by atoms with Gasteiger partial charge in [-0.2, -0.15) is 0 Å². The van der Waals surface area contributed by atoms with Crippen LogP contribution in [-0.2, 0) is 16.1 Å². The molecule has 2 aromatic rings. The zero-order valence-electron chi connectivity index (χ0n) is 13.5. The summed E-state index contributed by atoms with van der Waals surface area (Å²) in [4.78, 5) is 23.7. The number of carbonyl (C=O) groups is 2. The molecule has 0 atom stereocenters. The fourth-order valence-electron chi connectivity index (χ4n) is 2.12. The molecule has 0 heterocycles. The summed E-state index contributed by atoms with van der Waals surface area (Å²) in [5.74, 6) is -0.704. The van der Waals surface area contributed by atoms with E-state index in [-0.39, 0.29) is 17.9 Å². The average molecular weight is 329 g/mol. The highest BCUT2D eigenvalue weighted by molar-refractivity contribution is 5.94. The van der Waals surface area contributed by atoms with E-state index in [1.807, 2.05) is 18.2 Å². The van der Waals surface area contributed by atoms with Gasteiger partial charge < -0.3 is 19.9 Å². The molecule has 2 aromatic carbocycles. The highest BCUT2D eigenvalue weighted by atomic mass is 16.5. The summed E-state index contributed by atoms with van der Waals surface area (Å²) in [5, 5.41) is 12.3. The van der Waals surface area contributed by atoms with Gasteiger partial charge >= 0.3 is 5.97 Å². The zero-order chi connectivity index (χ0) is 17.5. The molecule has 0 spiro atoms. The van der Waals surface area contributed by atoms with Crippen LogP contribution in [0.3, 0.4) is 0 Å². The number of aryl methyl sites for hydroxylation is 1. The summed E-state index contributed by atoms with van der Waals surface area (Å²) in [6.07, 6.45) is 0. The van der Waals surface area contributed by atoms with Gasteiger partial charge in [-0.05, 0) is 25.1 Å². The first-order chi connectivity index (χ1) is 11.5. The maximum absolute atomic E-state index is 11.9. The minimum absolute atomic E-state index is 0.0347. The van der Waals surface area contributed by atoms with E-state index in [0.717, 1.165) is 11.1 Å². The van der Waals surface area contributed by atoms with E-state index in [1.165, 1.54) is 12.1 Å². The van der Waals surface area contributed by atoms with Crippen LogP contribution in [0.15, 0.2) is 42.5 Å². The molecule has 2 N–H and O–H groups in total. The lowest BCUT2D eigenvalue weighted by Crippen LogP contribution is -2.28. The molecule has 24 heavy (non-hydrogen) atoms. The van der Waals surface area contributed by atoms with Crippen molar-refractivity contribution in [1.82, 2.24) is 5.32 Å². The largest absolute Gasteiger partial charge is 0.507 e. The van der Waals surface area contributed by atoms with Crippen LogP contribution >= 0.6 is 0 Å². The van der Waals surface area contributed by atoms with Gasteiger partial charge in [-0.25, -0.2) is 4.79 Å². The second-order valence-electron chi connectivity index (χ2n) is 5.19. The van der Waals surface area contributed by atoms with Gasteiger partial charge in [-0.3, -0.25) is 4.79 Å². The molecule has 6 nitrogen and oxygen atoms in total. The van der Waals surface area contributed by atoms with Gasteiger partial charge in [0.2, 0.25) is 0 Å². The number of benzene rings is 2. The molecule has 0 unspecified atom stereocenters. The number of nitrogens with one attached hydrogen (secondary N) is 1. The SMILES string of the molecule is COc1ccccc1CNC(=O)COC(=O)c1cc(C)ccc1O. The van der Waals surface area contributed by atoms with Crippen molar-refractivity contribution in [3.63, 3.8) is 0 Å². The van der Waals surface area contributed by atoms with Gasteiger partial charge in [0, 0.05) is 12.1 Å². The van der Waals surface area contributed by atoms with E-state index in [2.05, 4.69) is 5.32 Å². The fourth-order valence-corrected chi connectivity index (χ4v) is 2.12. The third kappa shape index (κ3) is 4.49. The van der Waals surface area contributed by atoms with Gasteiger partial charge in [-0.1, -0.05) is 29.8 Å². The van der Waals surface area contributed by atoms with Crippen LogP contribution in [0, 0.1) is 6.92 Å². The summed E-state index contributed by atoms with van der Waals surface area (Å²) < 4.78 is 10.1. The van der Waals surface area contributed by atoms with Gasteiger partial charge in [0.1, 0.15) is 17.1 Å². The molecule has 0 aromatic heterocycles. The highest BCUT2D eigenvalue weighted by Gasteiger charge is 2.14. The van der Waals surface area contributed by atoms with E-state index in [0.29, 0.717) is 5.75 Å². The second kappa shape index (κ2) is 8.01. The summed E-state index contributed by atoms with van der Waals surface area (Å²) in [5.41, 5.74) is 1.66. The first kappa shape index (κ1) is 17.3. The van der Waals surface area contributed by atoms with Gasteiger partial charge in [0.15, 0.2) is 6.61 Å². The molecule has 0 fully saturated rings. The van der Waals surface area contributed by atoms with E-state index in [1.54, 1.807) is 26.2 Å². The van der Waals surface area contributed by atoms with Gasteiger partial charge in [0.05, 0.1) is 7.11 Å². The molecule has 0 aliphatic heterocycles. The summed E-state index contributed by atoms with van der Waals surface area (Å²) in [6.45, 7) is 1.62. The van der Waals surface area contributed by atoms with Crippen LogP contribution in [0.25, 0.3) is 0 Å². The molecule has 0 saturated heterocycles. The summed E-state index contributed by atoms with van der Waals surface area (Å²) in [7, 11) is 1.55. The van der Waals surface area contributed by atoms with Crippen molar-refractivity contribution in [1.29, 1.82) is 0 Å². The number of amides is 1. The predicted molar refractivity (Wildman–Crippen MR) is 88.0 cm³/mol. The van der Waals surface area contributed by atoms with Crippen molar-refractivity contribution in [3.8, 4) is 11.5 Å². The second-order valence-corrected chi connectivity index (χ2v) is 5.19. The maximum Gasteiger partial charge on any atom is 0.342 e. The van der Waals surface area contributed by atoms with E-state index < -0.39 is 18.5 Å². The number of rotatable bonds is 6. The Hall–Kier alpha value is -3.02. The maximum atomic E-state index is 11.9.